The molecular formula is C25H25N3O4S3. The average Bonchev–Trinajstić information content (AvgIpc) is 3.35. The van der Waals surface area contributed by atoms with E-state index in [4.69, 9.17) is 4.74 Å². The van der Waals surface area contributed by atoms with Gasteiger partial charge in [0.25, 0.3) is 10.0 Å². The molecule has 0 saturated heterocycles. The Kier molecular flexibility index (Phi) is 6.61. The number of hydrogen-bond acceptors (Lipinski definition) is 7. The third kappa shape index (κ3) is 5.10. The van der Waals surface area contributed by atoms with Gasteiger partial charge in [-0.15, -0.1) is 4.40 Å². The molecule has 0 aliphatic heterocycles. The van der Waals surface area contributed by atoms with Gasteiger partial charge in [0.05, 0.1) is 17.2 Å². The summed E-state index contributed by atoms with van der Waals surface area (Å²) in [6.45, 7) is 3.58. The van der Waals surface area contributed by atoms with Gasteiger partial charge in [-0.25, -0.2) is 3.79 Å². The fourth-order valence-electron chi connectivity index (χ4n) is 4.26. The first kappa shape index (κ1) is 23.9. The van der Waals surface area contributed by atoms with Crippen molar-refractivity contribution in [1.82, 2.24) is 8.77 Å². The van der Waals surface area contributed by atoms with Crippen LogP contribution in [0.5, 0.6) is 0 Å². The number of aromatic nitrogens is 2. The molecule has 35 heavy (non-hydrogen) atoms. The Balaban J connectivity index is 1.60. The second-order valence-electron chi connectivity index (χ2n) is 8.60. The zero-order chi connectivity index (χ0) is 24.6. The summed E-state index contributed by atoms with van der Waals surface area (Å²) in [7, 11) is -3.87. The maximum Gasteiger partial charge on any atom is 0.302 e. The maximum atomic E-state index is 12.8. The van der Waals surface area contributed by atoms with Crippen molar-refractivity contribution in [3.05, 3.63) is 68.8 Å². The van der Waals surface area contributed by atoms with Crippen molar-refractivity contribution in [2.75, 3.05) is 6.61 Å². The van der Waals surface area contributed by atoms with Crippen LogP contribution in [0.4, 0.5) is 0 Å². The van der Waals surface area contributed by atoms with Crippen LogP contribution in [0.3, 0.4) is 0 Å². The minimum Gasteiger partial charge on any atom is -0.465 e. The summed E-state index contributed by atoms with van der Waals surface area (Å²) in [5, 5.41) is 0. The number of esters is 1. The van der Waals surface area contributed by atoms with Crippen LogP contribution in [0.1, 0.15) is 41.3 Å². The number of rotatable bonds is 6. The van der Waals surface area contributed by atoms with Crippen molar-refractivity contribution in [3.8, 4) is 11.3 Å². The molecule has 4 aromatic rings. The number of thiazole rings is 1. The largest absolute Gasteiger partial charge is 0.465 e. The number of hydrogen-bond donors (Lipinski definition) is 0. The van der Waals surface area contributed by atoms with Gasteiger partial charge in [-0.05, 0) is 73.5 Å². The lowest BCUT2D eigenvalue weighted by Gasteiger charge is -2.16. The van der Waals surface area contributed by atoms with E-state index in [1.807, 2.05) is 10.7 Å². The number of fused-ring (bicyclic) bond motifs is 2. The Morgan fingerprint density at radius 2 is 1.86 bits per heavy atom. The summed E-state index contributed by atoms with van der Waals surface area (Å²) in [5.41, 5.74) is 5.73. The third-order valence-corrected chi connectivity index (χ3v) is 9.49. The summed E-state index contributed by atoms with van der Waals surface area (Å²) < 4.78 is 36.8. The van der Waals surface area contributed by atoms with Crippen molar-refractivity contribution in [2.24, 2.45) is 4.40 Å². The van der Waals surface area contributed by atoms with Crippen LogP contribution in [0, 0.1) is 6.92 Å². The molecule has 2 aromatic heterocycles. The number of sulfonamides is 1. The van der Waals surface area contributed by atoms with Crippen LogP contribution in [-0.2, 0) is 38.8 Å². The van der Waals surface area contributed by atoms with E-state index < -0.39 is 10.0 Å². The normalized spacial score (nSPS) is 14.3. The van der Waals surface area contributed by atoms with E-state index in [2.05, 4.69) is 27.6 Å². The van der Waals surface area contributed by atoms with Gasteiger partial charge in [0.1, 0.15) is 0 Å². The number of ether oxygens (including phenoxy) is 1. The molecule has 0 amide bonds. The monoisotopic (exact) mass is 527 g/mol. The Morgan fingerprint density at radius 3 is 2.60 bits per heavy atom. The molecule has 182 valence electrons. The number of carbonyl (C=O) groups is 1. The Bertz CT molecular complexity index is 1580. The summed E-state index contributed by atoms with van der Waals surface area (Å²) >= 11 is 2.67. The first-order chi connectivity index (χ1) is 16.8. The SMILES string of the molecule is CC(=O)OCCc1sc2n/c(=N\S(=O)(=O)c3ccc(C)cc3)sn2c1-c1ccc2c(c1)CCCC2. The zero-order valence-electron chi connectivity index (χ0n) is 19.5. The predicted molar refractivity (Wildman–Crippen MR) is 137 cm³/mol. The molecule has 1 aliphatic rings. The number of benzene rings is 2. The highest BCUT2D eigenvalue weighted by Crippen LogP contribution is 2.35. The molecule has 10 heteroatoms. The van der Waals surface area contributed by atoms with Crippen LogP contribution in [0.2, 0.25) is 0 Å². The van der Waals surface area contributed by atoms with Gasteiger partial charge in [0.2, 0.25) is 9.76 Å². The van der Waals surface area contributed by atoms with Crippen molar-refractivity contribution >= 4 is 43.8 Å². The van der Waals surface area contributed by atoms with E-state index in [1.54, 1.807) is 24.3 Å². The number of aryl methyl sites for hydroxylation is 3. The fourth-order valence-corrected chi connectivity index (χ4v) is 7.60. The van der Waals surface area contributed by atoms with Crippen LogP contribution >= 0.6 is 22.9 Å². The first-order valence-corrected chi connectivity index (χ1v) is 14.5. The second kappa shape index (κ2) is 9.67. The van der Waals surface area contributed by atoms with Crippen LogP contribution in [0.15, 0.2) is 51.8 Å². The molecule has 0 saturated carbocycles. The van der Waals surface area contributed by atoms with Gasteiger partial charge in [0.15, 0.2) is 0 Å². The standard InChI is InChI=1S/C25H25N3O4S3/c1-16-7-11-21(12-8-16)35(30,31)27-24-26-25-28(34-24)23(22(33-25)13-14-32-17(2)29)20-10-9-18-5-3-4-6-19(18)15-20/h7-12,15H,3-6,13-14H2,1-2H3/b27-24+. The molecule has 7 nitrogen and oxygen atoms in total. The van der Waals surface area contributed by atoms with Crippen molar-refractivity contribution in [2.45, 2.75) is 50.8 Å². The second-order valence-corrected chi connectivity index (χ2v) is 12.2. The fraction of sp³-hybridized carbons (Fsp3) is 0.320. The average molecular weight is 528 g/mol. The lowest BCUT2D eigenvalue weighted by molar-refractivity contribution is -0.140. The summed E-state index contributed by atoms with van der Waals surface area (Å²) in [4.78, 5) is 17.8. The van der Waals surface area contributed by atoms with E-state index in [0.29, 0.717) is 11.4 Å². The van der Waals surface area contributed by atoms with Gasteiger partial charge < -0.3 is 4.74 Å². The molecule has 2 aromatic carbocycles. The molecule has 0 bridgehead atoms. The molecule has 0 spiro atoms. The van der Waals surface area contributed by atoms with E-state index in [-0.39, 0.29) is 22.3 Å². The molecule has 1 aliphatic carbocycles. The molecule has 0 fully saturated rings. The molecule has 0 unspecified atom stereocenters. The van der Waals surface area contributed by atoms with E-state index in [0.717, 1.165) is 34.5 Å². The van der Waals surface area contributed by atoms with Crippen LogP contribution in [-0.4, -0.2) is 29.8 Å². The predicted octanol–water partition coefficient (Wildman–Crippen LogP) is 4.71. The molecular weight excluding hydrogens is 502 g/mol. The lowest BCUT2D eigenvalue weighted by Crippen LogP contribution is -2.06. The van der Waals surface area contributed by atoms with Crippen molar-refractivity contribution < 1.29 is 17.9 Å². The molecule has 0 N–H and O–H groups in total. The smallest absolute Gasteiger partial charge is 0.302 e. The Hall–Kier alpha value is -2.82. The molecule has 2 heterocycles. The Labute approximate surface area is 212 Å². The highest BCUT2D eigenvalue weighted by molar-refractivity contribution is 7.90. The van der Waals surface area contributed by atoms with E-state index in [1.165, 1.54) is 53.8 Å². The highest BCUT2D eigenvalue weighted by Gasteiger charge is 2.20. The van der Waals surface area contributed by atoms with Gasteiger partial charge in [-0.1, -0.05) is 41.2 Å². The first-order valence-electron chi connectivity index (χ1n) is 11.4. The zero-order valence-corrected chi connectivity index (χ0v) is 21.9. The van der Waals surface area contributed by atoms with Gasteiger partial charge in [-0.3, -0.25) is 4.79 Å². The van der Waals surface area contributed by atoms with Crippen LogP contribution < -0.4 is 4.80 Å². The number of nitrogens with zero attached hydrogens (tertiary/aromatic N) is 3. The summed E-state index contributed by atoms with van der Waals surface area (Å²) in [5.74, 6) is -0.313. The summed E-state index contributed by atoms with van der Waals surface area (Å²) in [6, 6.07) is 13.2. The lowest BCUT2D eigenvalue weighted by atomic mass is 9.90. The van der Waals surface area contributed by atoms with Crippen molar-refractivity contribution in [1.29, 1.82) is 0 Å². The topological polar surface area (TPSA) is 90.1 Å². The van der Waals surface area contributed by atoms with E-state index in [9.17, 15) is 13.2 Å². The van der Waals surface area contributed by atoms with Crippen LogP contribution in [0.25, 0.3) is 16.2 Å². The minimum absolute atomic E-state index is 0.142. The van der Waals surface area contributed by atoms with Crippen molar-refractivity contribution in [3.63, 3.8) is 0 Å². The Morgan fingerprint density at radius 1 is 1.11 bits per heavy atom. The third-order valence-electron chi connectivity index (χ3n) is 5.99. The maximum absolute atomic E-state index is 12.8. The summed E-state index contributed by atoms with van der Waals surface area (Å²) in [6.07, 6.45) is 5.11. The molecule has 0 radical (unpaired) electrons. The molecule has 0 atom stereocenters. The number of carbonyl (C=O) groups excluding carboxylic acids is 1. The van der Waals surface area contributed by atoms with Gasteiger partial charge in [0, 0.05) is 23.8 Å². The highest BCUT2D eigenvalue weighted by atomic mass is 32.2. The minimum atomic E-state index is -3.87. The van der Waals surface area contributed by atoms with Gasteiger partial charge >= 0.3 is 5.97 Å². The quantitative estimate of drug-likeness (QED) is 0.339. The molecule has 5 rings (SSSR count). The van der Waals surface area contributed by atoms with E-state index >= 15 is 0 Å². The van der Waals surface area contributed by atoms with Gasteiger partial charge in [-0.2, -0.15) is 13.4 Å².